The van der Waals surface area contributed by atoms with Crippen LogP contribution in [0.1, 0.15) is 5.69 Å². The first-order valence-corrected chi connectivity index (χ1v) is 9.12. The predicted molar refractivity (Wildman–Crippen MR) is 101 cm³/mol. The number of carbonyl (C=O) groups excluding carboxylic acids is 1. The second kappa shape index (κ2) is 7.08. The van der Waals surface area contributed by atoms with Gasteiger partial charge >= 0.3 is 6.18 Å². The van der Waals surface area contributed by atoms with Crippen LogP contribution in [-0.4, -0.2) is 20.7 Å². The number of thiazole rings is 1. The van der Waals surface area contributed by atoms with E-state index in [2.05, 4.69) is 15.4 Å². The molecule has 4 aromatic rings. The number of hydrogen-bond donors (Lipinski definition) is 1. The first kappa shape index (κ1) is 18.2. The van der Waals surface area contributed by atoms with E-state index in [9.17, 15) is 18.0 Å². The quantitative estimate of drug-likeness (QED) is 0.533. The predicted octanol–water partition coefficient (Wildman–Crippen LogP) is 4.82. The van der Waals surface area contributed by atoms with Crippen molar-refractivity contribution in [2.24, 2.45) is 0 Å². The Morgan fingerprint density at radius 2 is 1.89 bits per heavy atom. The number of hydrogen-bond acceptors (Lipinski definition) is 4. The van der Waals surface area contributed by atoms with Crippen molar-refractivity contribution in [2.75, 3.05) is 5.32 Å². The topological polar surface area (TPSA) is 59.8 Å². The highest BCUT2D eigenvalue weighted by Crippen LogP contribution is 2.28. The number of benzene rings is 2. The van der Waals surface area contributed by atoms with E-state index in [0.717, 1.165) is 33.3 Å². The summed E-state index contributed by atoms with van der Waals surface area (Å²) in [6.07, 6.45) is -3.42. The van der Waals surface area contributed by atoms with Crippen LogP contribution in [0.5, 0.6) is 0 Å². The normalized spacial score (nSPS) is 11.7. The van der Waals surface area contributed by atoms with E-state index in [1.54, 1.807) is 0 Å². The molecule has 0 spiro atoms. The van der Waals surface area contributed by atoms with Crippen molar-refractivity contribution in [3.05, 3.63) is 65.8 Å². The Morgan fingerprint density at radius 1 is 1.11 bits per heavy atom. The van der Waals surface area contributed by atoms with Crippen LogP contribution in [0.3, 0.4) is 0 Å². The number of aromatic nitrogens is 3. The number of alkyl halides is 3. The maximum absolute atomic E-state index is 12.6. The fraction of sp³-hybridized carbons (Fsp3) is 0.105. The average molecular weight is 402 g/mol. The summed E-state index contributed by atoms with van der Waals surface area (Å²) in [5.41, 5.74) is 0.593. The zero-order chi connectivity index (χ0) is 19.7. The van der Waals surface area contributed by atoms with Crippen LogP contribution in [0.2, 0.25) is 0 Å². The summed E-state index contributed by atoms with van der Waals surface area (Å²) in [5.74, 6) is -0.503. The highest BCUT2D eigenvalue weighted by atomic mass is 32.1. The molecule has 0 aliphatic rings. The molecule has 9 heteroatoms. The van der Waals surface area contributed by atoms with Gasteiger partial charge < -0.3 is 5.32 Å². The largest absolute Gasteiger partial charge is 0.435 e. The third-order valence-electron chi connectivity index (χ3n) is 4.03. The molecule has 0 saturated carbocycles. The van der Waals surface area contributed by atoms with Gasteiger partial charge in [-0.15, -0.1) is 11.3 Å². The van der Waals surface area contributed by atoms with Crippen molar-refractivity contribution in [1.29, 1.82) is 0 Å². The number of carbonyl (C=O) groups is 1. The number of anilines is 1. The Kier molecular flexibility index (Phi) is 4.60. The van der Waals surface area contributed by atoms with Gasteiger partial charge in [-0.2, -0.15) is 18.3 Å². The molecule has 142 valence electrons. The molecular formula is C19H13F3N4OS. The molecule has 2 aromatic carbocycles. The van der Waals surface area contributed by atoms with E-state index in [-0.39, 0.29) is 6.54 Å². The van der Waals surface area contributed by atoms with Crippen LogP contribution in [0, 0.1) is 0 Å². The number of amides is 1. The number of nitrogens with zero attached hydrogens (tertiary/aromatic N) is 3. The summed E-state index contributed by atoms with van der Waals surface area (Å²) < 4.78 is 38.6. The third kappa shape index (κ3) is 3.89. The molecule has 2 aromatic heterocycles. The fourth-order valence-corrected chi connectivity index (χ4v) is 3.46. The molecule has 28 heavy (non-hydrogen) atoms. The van der Waals surface area contributed by atoms with Gasteiger partial charge in [0.1, 0.15) is 6.54 Å². The maximum atomic E-state index is 12.6. The van der Waals surface area contributed by atoms with Crippen LogP contribution in [0.15, 0.2) is 60.1 Å². The SMILES string of the molecule is O=C(Cn1ccc(C(F)(F)F)n1)Nc1nc(-c2ccc3ccccc3c2)cs1. The van der Waals surface area contributed by atoms with Gasteiger partial charge in [-0.3, -0.25) is 9.48 Å². The van der Waals surface area contributed by atoms with Crippen LogP contribution in [0.4, 0.5) is 18.3 Å². The summed E-state index contributed by atoms with van der Waals surface area (Å²) in [5, 5.41) is 10.3. The van der Waals surface area contributed by atoms with Gasteiger partial charge in [0.05, 0.1) is 5.69 Å². The van der Waals surface area contributed by atoms with Crippen LogP contribution >= 0.6 is 11.3 Å². The first-order valence-electron chi connectivity index (χ1n) is 8.24. The van der Waals surface area contributed by atoms with Gasteiger partial charge in [-0.05, 0) is 22.9 Å². The van der Waals surface area contributed by atoms with E-state index in [0.29, 0.717) is 10.8 Å². The molecule has 1 N–H and O–H groups in total. The van der Waals surface area contributed by atoms with E-state index >= 15 is 0 Å². The van der Waals surface area contributed by atoms with Gasteiger partial charge in [0.15, 0.2) is 10.8 Å². The summed E-state index contributed by atoms with van der Waals surface area (Å²) in [6.45, 7) is -0.332. The Bertz CT molecular complexity index is 1150. The highest BCUT2D eigenvalue weighted by Gasteiger charge is 2.33. The zero-order valence-electron chi connectivity index (χ0n) is 14.3. The van der Waals surface area contributed by atoms with Crippen molar-refractivity contribution >= 4 is 33.1 Å². The fourth-order valence-electron chi connectivity index (χ4n) is 2.72. The molecular weight excluding hydrogens is 389 g/mol. The number of rotatable bonds is 4. The van der Waals surface area contributed by atoms with Gasteiger partial charge in [0, 0.05) is 17.1 Å². The third-order valence-corrected chi connectivity index (χ3v) is 4.79. The molecule has 0 bridgehead atoms. The number of nitrogens with one attached hydrogen (secondary N) is 1. The molecule has 2 heterocycles. The highest BCUT2D eigenvalue weighted by molar-refractivity contribution is 7.14. The number of halogens is 3. The molecule has 0 radical (unpaired) electrons. The van der Waals surface area contributed by atoms with Crippen molar-refractivity contribution in [3.8, 4) is 11.3 Å². The minimum absolute atomic E-state index is 0.332. The molecule has 5 nitrogen and oxygen atoms in total. The van der Waals surface area contributed by atoms with Crippen LogP contribution in [0.25, 0.3) is 22.0 Å². The van der Waals surface area contributed by atoms with Gasteiger partial charge in [0.2, 0.25) is 5.91 Å². The molecule has 1 amide bonds. The lowest BCUT2D eigenvalue weighted by Crippen LogP contribution is -2.19. The van der Waals surface area contributed by atoms with E-state index in [4.69, 9.17) is 0 Å². The molecule has 0 aliphatic carbocycles. The minimum Gasteiger partial charge on any atom is -0.300 e. The molecule has 0 unspecified atom stereocenters. The van der Waals surface area contributed by atoms with Gasteiger partial charge in [-0.25, -0.2) is 4.98 Å². The van der Waals surface area contributed by atoms with E-state index in [1.807, 2.05) is 47.8 Å². The summed E-state index contributed by atoms with van der Waals surface area (Å²) in [7, 11) is 0. The Hall–Kier alpha value is -3.20. The second-order valence-corrected chi connectivity index (χ2v) is 6.90. The summed E-state index contributed by atoms with van der Waals surface area (Å²) >= 11 is 1.25. The van der Waals surface area contributed by atoms with Crippen molar-refractivity contribution < 1.29 is 18.0 Å². The smallest absolute Gasteiger partial charge is 0.300 e. The molecule has 4 rings (SSSR count). The van der Waals surface area contributed by atoms with Gasteiger partial charge in [-0.1, -0.05) is 36.4 Å². The Balaban J connectivity index is 1.45. The van der Waals surface area contributed by atoms with Gasteiger partial charge in [0.25, 0.3) is 0 Å². The average Bonchev–Trinajstić information content (AvgIpc) is 3.31. The Morgan fingerprint density at radius 3 is 2.64 bits per heavy atom. The molecule has 0 aliphatic heterocycles. The van der Waals surface area contributed by atoms with Crippen molar-refractivity contribution in [3.63, 3.8) is 0 Å². The van der Waals surface area contributed by atoms with Crippen molar-refractivity contribution in [2.45, 2.75) is 12.7 Å². The lowest BCUT2D eigenvalue weighted by atomic mass is 10.1. The zero-order valence-corrected chi connectivity index (χ0v) is 15.1. The van der Waals surface area contributed by atoms with Crippen LogP contribution < -0.4 is 5.32 Å². The standard InChI is InChI=1S/C19H13F3N4OS/c20-19(21,22)16-7-8-26(25-16)10-17(27)24-18-23-15(11-28-18)14-6-5-12-3-1-2-4-13(12)9-14/h1-9,11H,10H2,(H,23,24,27). The lowest BCUT2D eigenvalue weighted by molar-refractivity contribution is -0.141. The van der Waals surface area contributed by atoms with E-state index in [1.165, 1.54) is 11.3 Å². The summed E-state index contributed by atoms with van der Waals surface area (Å²) in [4.78, 5) is 16.5. The monoisotopic (exact) mass is 402 g/mol. The maximum Gasteiger partial charge on any atom is 0.435 e. The minimum atomic E-state index is -4.54. The lowest BCUT2D eigenvalue weighted by Gasteiger charge is -2.03. The van der Waals surface area contributed by atoms with Crippen molar-refractivity contribution in [1.82, 2.24) is 14.8 Å². The second-order valence-electron chi connectivity index (χ2n) is 6.04. The van der Waals surface area contributed by atoms with Crippen LogP contribution in [-0.2, 0) is 17.5 Å². The first-order chi connectivity index (χ1) is 13.4. The number of fused-ring (bicyclic) bond motifs is 1. The van der Waals surface area contributed by atoms with E-state index < -0.39 is 17.8 Å². The summed E-state index contributed by atoms with van der Waals surface area (Å²) in [6, 6.07) is 14.7. The Labute approximate surface area is 161 Å². The molecule has 0 fully saturated rings. The molecule has 0 atom stereocenters. The molecule has 0 saturated heterocycles.